The zero-order chi connectivity index (χ0) is 16.6. The fourth-order valence-corrected chi connectivity index (χ4v) is 3.51. The van der Waals surface area contributed by atoms with E-state index < -0.39 is 0 Å². The van der Waals surface area contributed by atoms with E-state index in [-0.39, 0.29) is 5.78 Å². The first-order valence-electron chi connectivity index (χ1n) is 8.10. The molecular formula is C19H23BrN2O. The van der Waals surface area contributed by atoms with Crippen molar-refractivity contribution in [3.8, 4) is 0 Å². The van der Waals surface area contributed by atoms with Gasteiger partial charge in [0, 0.05) is 34.0 Å². The van der Waals surface area contributed by atoms with Gasteiger partial charge < -0.3 is 4.57 Å². The summed E-state index contributed by atoms with van der Waals surface area (Å²) in [5.41, 5.74) is 4.44. The van der Waals surface area contributed by atoms with Crippen LogP contribution in [0.2, 0.25) is 0 Å². The van der Waals surface area contributed by atoms with Crippen molar-refractivity contribution in [3.63, 3.8) is 0 Å². The number of halogens is 1. The third-order valence-corrected chi connectivity index (χ3v) is 5.00. The Morgan fingerprint density at radius 3 is 2.52 bits per heavy atom. The number of ketones is 1. The van der Waals surface area contributed by atoms with E-state index in [2.05, 4.69) is 57.4 Å². The molecule has 0 atom stereocenters. The second kappa shape index (κ2) is 6.62. The minimum absolute atomic E-state index is 0.213. The van der Waals surface area contributed by atoms with Crippen LogP contribution in [0, 0.1) is 13.8 Å². The summed E-state index contributed by atoms with van der Waals surface area (Å²) < 4.78 is 3.41. The molecule has 0 unspecified atom stereocenters. The van der Waals surface area contributed by atoms with Crippen LogP contribution in [0.1, 0.15) is 46.2 Å². The molecule has 1 aliphatic carbocycles. The SMILES string of the molecule is Cc1cc(C(=O)CN(C)Cc2ccc(Br)cc2)c(C)n1C1CC1. The summed E-state index contributed by atoms with van der Waals surface area (Å²) in [4.78, 5) is 14.7. The zero-order valence-corrected chi connectivity index (χ0v) is 15.6. The van der Waals surface area contributed by atoms with E-state index in [9.17, 15) is 4.79 Å². The number of nitrogens with zero attached hydrogens (tertiary/aromatic N) is 2. The molecule has 3 nitrogen and oxygen atoms in total. The van der Waals surface area contributed by atoms with Crippen LogP contribution in [0.3, 0.4) is 0 Å². The summed E-state index contributed by atoms with van der Waals surface area (Å²) in [6.45, 7) is 5.41. The van der Waals surface area contributed by atoms with Gasteiger partial charge in [0.15, 0.2) is 5.78 Å². The number of aryl methyl sites for hydroxylation is 1. The van der Waals surface area contributed by atoms with Crippen LogP contribution in [0.5, 0.6) is 0 Å². The number of hydrogen-bond donors (Lipinski definition) is 0. The van der Waals surface area contributed by atoms with E-state index in [4.69, 9.17) is 0 Å². The normalized spacial score (nSPS) is 14.5. The van der Waals surface area contributed by atoms with Crippen molar-refractivity contribution in [2.24, 2.45) is 0 Å². The van der Waals surface area contributed by atoms with Gasteiger partial charge in [-0.3, -0.25) is 9.69 Å². The predicted octanol–water partition coefficient (Wildman–Crippen LogP) is 4.52. The van der Waals surface area contributed by atoms with Crippen molar-refractivity contribution in [2.45, 2.75) is 39.3 Å². The Bertz CT molecular complexity index is 714. The number of benzene rings is 1. The van der Waals surface area contributed by atoms with Gasteiger partial charge in [0.1, 0.15) is 0 Å². The highest BCUT2D eigenvalue weighted by Crippen LogP contribution is 2.38. The molecule has 0 saturated heterocycles. The summed E-state index contributed by atoms with van der Waals surface area (Å²) in [6.07, 6.45) is 2.49. The standard InChI is InChI=1S/C19H23BrN2O/c1-13-10-18(14(2)22(13)17-8-9-17)19(23)12-21(3)11-15-4-6-16(20)7-5-15/h4-7,10,17H,8-9,11-12H2,1-3H3. The highest BCUT2D eigenvalue weighted by Gasteiger charge is 2.28. The van der Waals surface area contributed by atoms with Crippen molar-refractivity contribution in [3.05, 3.63) is 57.3 Å². The van der Waals surface area contributed by atoms with Crippen LogP contribution in [0.15, 0.2) is 34.8 Å². The fourth-order valence-electron chi connectivity index (χ4n) is 3.24. The van der Waals surface area contributed by atoms with Crippen LogP contribution in [0.25, 0.3) is 0 Å². The zero-order valence-electron chi connectivity index (χ0n) is 14.0. The Labute approximate surface area is 146 Å². The minimum atomic E-state index is 0.213. The number of carbonyl (C=O) groups is 1. The summed E-state index contributed by atoms with van der Waals surface area (Å²) in [5, 5.41) is 0. The quantitative estimate of drug-likeness (QED) is 0.694. The molecule has 1 saturated carbocycles. The lowest BCUT2D eigenvalue weighted by Gasteiger charge is -2.16. The molecule has 1 heterocycles. The van der Waals surface area contributed by atoms with Gasteiger partial charge in [-0.05, 0) is 57.5 Å². The number of hydrogen-bond acceptors (Lipinski definition) is 2. The van der Waals surface area contributed by atoms with Gasteiger partial charge >= 0.3 is 0 Å². The first-order chi connectivity index (χ1) is 11.0. The first kappa shape index (κ1) is 16.5. The van der Waals surface area contributed by atoms with Crippen molar-refractivity contribution >= 4 is 21.7 Å². The topological polar surface area (TPSA) is 25.2 Å². The fraction of sp³-hybridized carbons (Fsp3) is 0.421. The average Bonchev–Trinajstić information content (AvgIpc) is 3.27. The van der Waals surface area contributed by atoms with Crippen molar-refractivity contribution < 1.29 is 4.79 Å². The van der Waals surface area contributed by atoms with E-state index >= 15 is 0 Å². The number of aromatic nitrogens is 1. The van der Waals surface area contributed by atoms with E-state index in [0.717, 1.165) is 22.3 Å². The molecule has 0 aliphatic heterocycles. The maximum Gasteiger partial charge on any atom is 0.178 e. The minimum Gasteiger partial charge on any atom is -0.345 e. The van der Waals surface area contributed by atoms with Crippen LogP contribution in [0.4, 0.5) is 0 Å². The molecule has 2 aromatic rings. The Balaban J connectivity index is 1.66. The molecule has 1 fully saturated rings. The summed E-state index contributed by atoms with van der Waals surface area (Å²) in [7, 11) is 2.00. The third kappa shape index (κ3) is 3.75. The van der Waals surface area contributed by atoms with Crippen LogP contribution in [-0.2, 0) is 6.54 Å². The molecular weight excluding hydrogens is 352 g/mol. The largest absolute Gasteiger partial charge is 0.345 e. The number of rotatable bonds is 6. The van der Waals surface area contributed by atoms with Crippen LogP contribution < -0.4 is 0 Å². The predicted molar refractivity (Wildman–Crippen MR) is 97.0 cm³/mol. The molecule has 122 valence electrons. The van der Waals surface area contributed by atoms with Crippen LogP contribution >= 0.6 is 15.9 Å². The number of likely N-dealkylation sites (N-methyl/N-ethyl adjacent to an activating group) is 1. The number of Topliss-reactive ketones (excluding diaryl/α,β-unsaturated/α-hetero) is 1. The maximum absolute atomic E-state index is 12.7. The smallest absolute Gasteiger partial charge is 0.178 e. The second-order valence-corrected chi connectivity index (χ2v) is 7.52. The molecule has 1 aliphatic rings. The lowest BCUT2D eigenvalue weighted by molar-refractivity contribution is 0.0942. The maximum atomic E-state index is 12.7. The second-order valence-electron chi connectivity index (χ2n) is 6.61. The average molecular weight is 375 g/mol. The van der Waals surface area contributed by atoms with E-state index in [0.29, 0.717) is 12.6 Å². The van der Waals surface area contributed by atoms with Crippen molar-refractivity contribution in [1.82, 2.24) is 9.47 Å². The third-order valence-electron chi connectivity index (χ3n) is 4.48. The molecule has 0 N–H and O–H groups in total. The van der Waals surface area contributed by atoms with Crippen molar-refractivity contribution in [1.29, 1.82) is 0 Å². The van der Waals surface area contributed by atoms with Gasteiger partial charge in [-0.15, -0.1) is 0 Å². The lowest BCUT2D eigenvalue weighted by Crippen LogP contribution is -2.25. The molecule has 0 spiro atoms. The molecule has 0 radical (unpaired) electrons. The molecule has 1 aromatic heterocycles. The monoisotopic (exact) mass is 374 g/mol. The molecule has 0 bridgehead atoms. The lowest BCUT2D eigenvalue weighted by atomic mass is 10.1. The summed E-state index contributed by atoms with van der Waals surface area (Å²) in [6, 6.07) is 10.9. The Morgan fingerprint density at radius 2 is 1.91 bits per heavy atom. The molecule has 23 heavy (non-hydrogen) atoms. The van der Waals surface area contributed by atoms with Gasteiger partial charge in [-0.1, -0.05) is 28.1 Å². The van der Waals surface area contributed by atoms with Crippen molar-refractivity contribution in [2.75, 3.05) is 13.6 Å². The van der Waals surface area contributed by atoms with Gasteiger partial charge in [-0.2, -0.15) is 0 Å². The van der Waals surface area contributed by atoms with E-state index in [1.54, 1.807) is 0 Å². The van der Waals surface area contributed by atoms with Gasteiger partial charge in [-0.25, -0.2) is 0 Å². The molecule has 4 heteroatoms. The highest BCUT2D eigenvalue weighted by atomic mass is 79.9. The summed E-state index contributed by atoms with van der Waals surface area (Å²) in [5.74, 6) is 0.213. The molecule has 1 aromatic carbocycles. The van der Waals surface area contributed by atoms with E-state index in [1.165, 1.54) is 24.1 Å². The van der Waals surface area contributed by atoms with Crippen LogP contribution in [-0.4, -0.2) is 28.8 Å². The summed E-state index contributed by atoms with van der Waals surface area (Å²) >= 11 is 3.45. The molecule has 0 amide bonds. The first-order valence-corrected chi connectivity index (χ1v) is 8.89. The Morgan fingerprint density at radius 1 is 1.26 bits per heavy atom. The molecule has 3 rings (SSSR count). The highest BCUT2D eigenvalue weighted by molar-refractivity contribution is 9.10. The van der Waals surface area contributed by atoms with Gasteiger partial charge in [0.2, 0.25) is 0 Å². The van der Waals surface area contributed by atoms with Gasteiger partial charge in [0.25, 0.3) is 0 Å². The number of carbonyl (C=O) groups excluding carboxylic acids is 1. The van der Waals surface area contributed by atoms with Gasteiger partial charge in [0.05, 0.1) is 6.54 Å². The Hall–Kier alpha value is -1.39. The van der Waals surface area contributed by atoms with E-state index in [1.807, 2.05) is 19.2 Å². The Kier molecular flexibility index (Phi) is 4.74.